The van der Waals surface area contributed by atoms with Gasteiger partial charge in [0, 0.05) is 17.8 Å². The number of carbonyl (C=O) groups excluding carboxylic acids is 2. The molecular weight excluding hydrogens is 444 g/mol. The lowest BCUT2D eigenvalue weighted by atomic mass is 10.1. The summed E-state index contributed by atoms with van der Waals surface area (Å²) >= 11 is 0. The van der Waals surface area contributed by atoms with Gasteiger partial charge in [-0.2, -0.15) is 4.31 Å². The number of esters is 1. The maximum Gasteiger partial charge on any atom is 0.355 e. The smallest absolute Gasteiger partial charge is 0.355 e. The Morgan fingerprint density at radius 1 is 1.06 bits per heavy atom. The van der Waals surface area contributed by atoms with Crippen LogP contribution in [0.2, 0.25) is 0 Å². The van der Waals surface area contributed by atoms with Gasteiger partial charge >= 0.3 is 5.97 Å². The topological polar surface area (TPSA) is 98.8 Å². The minimum absolute atomic E-state index is 0.0798. The van der Waals surface area contributed by atoms with E-state index in [0.717, 1.165) is 4.31 Å². The zero-order valence-electron chi connectivity index (χ0n) is 19.2. The number of rotatable bonds is 10. The van der Waals surface area contributed by atoms with Gasteiger partial charge in [-0.25, -0.2) is 13.2 Å². The number of aromatic nitrogens is 1. The van der Waals surface area contributed by atoms with Gasteiger partial charge in [-0.1, -0.05) is 18.2 Å². The Labute approximate surface area is 193 Å². The van der Waals surface area contributed by atoms with Crippen molar-refractivity contribution in [3.05, 3.63) is 77.0 Å². The number of ketones is 1. The number of hydrogen-bond donors (Lipinski definition) is 0. The third kappa shape index (κ3) is 4.94. The van der Waals surface area contributed by atoms with E-state index in [0.29, 0.717) is 34.8 Å². The van der Waals surface area contributed by atoms with Crippen LogP contribution in [0.15, 0.2) is 58.0 Å². The Bertz CT molecular complexity index is 1230. The van der Waals surface area contributed by atoms with Gasteiger partial charge < -0.3 is 13.7 Å². The van der Waals surface area contributed by atoms with Crippen LogP contribution >= 0.6 is 0 Å². The van der Waals surface area contributed by atoms with Gasteiger partial charge in [0.25, 0.3) is 0 Å². The Kier molecular flexibility index (Phi) is 7.55. The van der Waals surface area contributed by atoms with E-state index in [2.05, 4.69) is 0 Å². The standard InChI is InChI=1S/C24H28N2O6S/c1-5-26-18(4)22(17(3)23(26)24(28)31-6-2)21(27)16-25(15-19-11-10-14-32-19)33(29,30)20-12-8-7-9-13-20/h7-14H,5-6,15-16H2,1-4H3. The molecule has 0 saturated carbocycles. The molecule has 0 N–H and O–H groups in total. The number of Topliss-reactive ketones (excluding diaryl/α,β-unsaturated/α-hetero) is 1. The van der Waals surface area contributed by atoms with Crippen LogP contribution < -0.4 is 0 Å². The Morgan fingerprint density at radius 2 is 1.76 bits per heavy atom. The molecule has 0 aliphatic heterocycles. The van der Waals surface area contributed by atoms with Crippen LogP contribution in [0, 0.1) is 13.8 Å². The molecule has 0 spiro atoms. The quantitative estimate of drug-likeness (QED) is 0.327. The molecule has 0 bridgehead atoms. The first-order valence-electron chi connectivity index (χ1n) is 10.7. The molecule has 3 rings (SSSR count). The molecule has 176 valence electrons. The summed E-state index contributed by atoms with van der Waals surface area (Å²) in [5.74, 6) is -0.508. The molecular formula is C24H28N2O6S. The second kappa shape index (κ2) is 10.2. The predicted octanol–water partition coefficient (Wildman–Crippen LogP) is 3.97. The van der Waals surface area contributed by atoms with E-state index in [9.17, 15) is 18.0 Å². The average Bonchev–Trinajstić information content (AvgIpc) is 3.39. The summed E-state index contributed by atoms with van der Waals surface area (Å²) in [5, 5.41) is 0. The molecule has 1 aromatic carbocycles. The van der Waals surface area contributed by atoms with Crippen molar-refractivity contribution in [2.75, 3.05) is 13.2 Å². The monoisotopic (exact) mass is 472 g/mol. The lowest BCUT2D eigenvalue weighted by molar-refractivity contribution is 0.0512. The van der Waals surface area contributed by atoms with Gasteiger partial charge in [-0.05, 0) is 57.5 Å². The zero-order chi connectivity index (χ0) is 24.2. The van der Waals surface area contributed by atoms with Crippen molar-refractivity contribution in [1.29, 1.82) is 0 Å². The molecule has 0 atom stereocenters. The van der Waals surface area contributed by atoms with Crippen molar-refractivity contribution in [2.24, 2.45) is 0 Å². The van der Waals surface area contributed by atoms with Crippen LogP contribution in [0.1, 0.15) is 51.7 Å². The molecule has 2 heterocycles. The lowest BCUT2D eigenvalue weighted by Gasteiger charge is -2.21. The highest BCUT2D eigenvalue weighted by Crippen LogP contribution is 2.26. The Balaban J connectivity index is 2.02. The van der Waals surface area contributed by atoms with Crippen LogP contribution in [0.25, 0.3) is 0 Å². The minimum atomic E-state index is -3.99. The molecule has 0 aliphatic rings. The average molecular weight is 473 g/mol. The normalized spacial score (nSPS) is 11.7. The van der Waals surface area contributed by atoms with Crippen molar-refractivity contribution < 1.29 is 27.2 Å². The molecule has 9 heteroatoms. The van der Waals surface area contributed by atoms with Crippen molar-refractivity contribution in [3.8, 4) is 0 Å². The minimum Gasteiger partial charge on any atom is -0.468 e. The molecule has 0 fully saturated rings. The van der Waals surface area contributed by atoms with Crippen molar-refractivity contribution in [3.63, 3.8) is 0 Å². The fraction of sp³-hybridized carbons (Fsp3) is 0.333. The maximum atomic E-state index is 13.5. The van der Waals surface area contributed by atoms with Crippen LogP contribution in [0.4, 0.5) is 0 Å². The first-order chi connectivity index (χ1) is 15.7. The van der Waals surface area contributed by atoms with E-state index in [1.807, 2.05) is 6.92 Å². The van der Waals surface area contributed by atoms with E-state index < -0.39 is 28.3 Å². The van der Waals surface area contributed by atoms with E-state index in [-0.39, 0.29) is 18.0 Å². The van der Waals surface area contributed by atoms with Gasteiger partial charge in [0.2, 0.25) is 10.0 Å². The summed E-state index contributed by atoms with van der Waals surface area (Å²) in [4.78, 5) is 26.1. The number of hydrogen-bond acceptors (Lipinski definition) is 6. The van der Waals surface area contributed by atoms with E-state index in [4.69, 9.17) is 9.15 Å². The molecule has 3 aromatic rings. The van der Waals surface area contributed by atoms with Crippen LogP contribution in [-0.4, -0.2) is 42.2 Å². The molecule has 0 amide bonds. The third-order valence-corrected chi connectivity index (χ3v) is 7.25. The largest absolute Gasteiger partial charge is 0.468 e. The van der Waals surface area contributed by atoms with Gasteiger partial charge in [0.05, 0.1) is 30.9 Å². The number of sulfonamides is 1. The molecule has 2 aromatic heterocycles. The van der Waals surface area contributed by atoms with Crippen LogP contribution in [0.5, 0.6) is 0 Å². The highest BCUT2D eigenvalue weighted by molar-refractivity contribution is 7.89. The van der Waals surface area contributed by atoms with E-state index >= 15 is 0 Å². The van der Waals surface area contributed by atoms with Crippen molar-refractivity contribution >= 4 is 21.8 Å². The molecule has 0 radical (unpaired) electrons. The lowest BCUT2D eigenvalue weighted by Crippen LogP contribution is -2.35. The summed E-state index contributed by atoms with van der Waals surface area (Å²) in [7, 11) is -3.99. The van der Waals surface area contributed by atoms with Crippen LogP contribution in [0.3, 0.4) is 0 Å². The Morgan fingerprint density at radius 3 is 2.33 bits per heavy atom. The third-order valence-electron chi connectivity index (χ3n) is 5.44. The molecule has 8 nitrogen and oxygen atoms in total. The summed E-state index contributed by atoms with van der Waals surface area (Å²) < 4.78 is 40.1. The summed E-state index contributed by atoms with van der Waals surface area (Å²) in [6, 6.07) is 11.3. The molecule has 33 heavy (non-hydrogen) atoms. The number of carbonyl (C=O) groups is 2. The molecule has 0 aliphatic carbocycles. The van der Waals surface area contributed by atoms with Gasteiger partial charge in [0.15, 0.2) is 5.78 Å². The number of ether oxygens (including phenoxy) is 1. The van der Waals surface area contributed by atoms with E-state index in [1.165, 1.54) is 18.4 Å². The first kappa shape index (κ1) is 24.5. The van der Waals surface area contributed by atoms with Crippen molar-refractivity contribution in [1.82, 2.24) is 8.87 Å². The Hall–Kier alpha value is -3.17. The molecule has 0 unspecified atom stereocenters. The van der Waals surface area contributed by atoms with Gasteiger partial charge in [-0.15, -0.1) is 0 Å². The zero-order valence-corrected chi connectivity index (χ0v) is 20.0. The van der Waals surface area contributed by atoms with E-state index in [1.54, 1.807) is 55.7 Å². The number of nitrogens with zero attached hydrogens (tertiary/aromatic N) is 2. The van der Waals surface area contributed by atoms with Crippen LogP contribution in [-0.2, 0) is 27.8 Å². The second-order valence-electron chi connectivity index (χ2n) is 7.49. The van der Waals surface area contributed by atoms with Gasteiger partial charge in [-0.3, -0.25) is 4.79 Å². The van der Waals surface area contributed by atoms with Crippen molar-refractivity contribution in [2.45, 2.75) is 45.7 Å². The SMILES string of the molecule is CCOC(=O)c1c(C)c(C(=O)CN(Cc2ccco2)S(=O)(=O)c2ccccc2)c(C)n1CC. The fourth-order valence-electron chi connectivity index (χ4n) is 3.95. The highest BCUT2D eigenvalue weighted by atomic mass is 32.2. The number of furan rings is 1. The summed E-state index contributed by atoms with van der Waals surface area (Å²) in [6.07, 6.45) is 1.45. The first-order valence-corrected chi connectivity index (χ1v) is 12.1. The fourth-order valence-corrected chi connectivity index (χ4v) is 5.33. The second-order valence-corrected chi connectivity index (χ2v) is 9.43. The van der Waals surface area contributed by atoms with Gasteiger partial charge in [0.1, 0.15) is 11.5 Å². The molecule has 0 saturated heterocycles. The number of benzene rings is 1. The summed E-state index contributed by atoms with van der Waals surface area (Å²) in [6.45, 7) is 7.17. The summed E-state index contributed by atoms with van der Waals surface area (Å²) in [5.41, 5.74) is 1.71. The maximum absolute atomic E-state index is 13.5. The predicted molar refractivity (Wildman–Crippen MR) is 123 cm³/mol. The highest BCUT2D eigenvalue weighted by Gasteiger charge is 2.32.